The van der Waals surface area contributed by atoms with E-state index in [4.69, 9.17) is 26.4 Å². The highest BCUT2D eigenvalue weighted by Gasteiger charge is 2.22. The Labute approximate surface area is 192 Å². The Morgan fingerprint density at radius 2 is 2.06 bits per heavy atom. The highest BCUT2D eigenvalue weighted by atomic mass is 32.1. The monoisotopic (exact) mass is 453 g/mol. The van der Waals surface area contributed by atoms with Crippen LogP contribution in [0.4, 0.5) is 5.69 Å². The summed E-state index contributed by atoms with van der Waals surface area (Å²) in [5, 5.41) is 4.69. The molecule has 0 radical (unpaired) electrons. The molecule has 2 aromatic carbocycles. The molecule has 0 saturated carbocycles. The van der Waals surface area contributed by atoms with E-state index in [0.717, 1.165) is 41.8 Å². The van der Waals surface area contributed by atoms with Crippen LogP contribution >= 0.6 is 12.2 Å². The first-order valence-corrected chi connectivity index (χ1v) is 11.0. The van der Waals surface area contributed by atoms with E-state index in [1.54, 1.807) is 14.2 Å². The number of anilines is 1. The number of thiocarbonyl (C=S) groups is 1. The molecule has 2 N–H and O–H groups in total. The van der Waals surface area contributed by atoms with E-state index in [1.807, 2.05) is 53.4 Å². The molecule has 0 unspecified atom stereocenters. The third-order valence-corrected chi connectivity index (χ3v) is 5.93. The van der Waals surface area contributed by atoms with Gasteiger partial charge < -0.3 is 29.4 Å². The predicted octanol–water partition coefficient (Wildman–Crippen LogP) is 3.92. The van der Waals surface area contributed by atoms with Gasteiger partial charge in [-0.15, -0.1) is 0 Å². The molecule has 1 saturated heterocycles. The molecule has 1 atom stereocenters. The quantitative estimate of drug-likeness (QED) is 0.525. The van der Waals surface area contributed by atoms with Gasteiger partial charge in [0, 0.05) is 29.6 Å². The summed E-state index contributed by atoms with van der Waals surface area (Å²) in [6.45, 7) is 1.70. The Hall–Kier alpha value is -3.10. The van der Waals surface area contributed by atoms with Crippen molar-refractivity contribution in [3.05, 3.63) is 64.4 Å². The lowest BCUT2D eigenvalue weighted by Gasteiger charge is -2.28. The van der Waals surface area contributed by atoms with Crippen molar-refractivity contribution >= 4 is 33.9 Å². The Morgan fingerprint density at radius 3 is 2.81 bits per heavy atom. The number of fused-ring (bicyclic) bond motifs is 1. The summed E-state index contributed by atoms with van der Waals surface area (Å²) < 4.78 is 16.6. The zero-order chi connectivity index (χ0) is 22.5. The van der Waals surface area contributed by atoms with Crippen molar-refractivity contribution in [2.75, 3.05) is 32.7 Å². The van der Waals surface area contributed by atoms with Crippen LogP contribution in [0.1, 0.15) is 18.4 Å². The third-order valence-electron chi connectivity index (χ3n) is 5.57. The van der Waals surface area contributed by atoms with E-state index < -0.39 is 0 Å². The SMILES string of the molecule is COc1ccc2[nH]c(=O)c(CN(C[C@H]3CCCO3)C(=S)Nc3ccccc3OC)cc2c1. The molecule has 32 heavy (non-hydrogen) atoms. The molecule has 1 fully saturated rings. The summed E-state index contributed by atoms with van der Waals surface area (Å²) in [6, 6.07) is 15.1. The number of aromatic amines is 1. The summed E-state index contributed by atoms with van der Waals surface area (Å²) in [5.41, 5.74) is 2.02. The van der Waals surface area contributed by atoms with Crippen molar-refractivity contribution in [3.63, 3.8) is 0 Å². The number of nitrogens with zero attached hydrogens (tertiary/aromatic N) is 1. The number of ether oxygens (including phenoxy) is 3. The second-order valence-corrected chi connectivity index (χ2v) is 8.11. The van der Waals surface area contributed by atoms with E-state index in [0.29, 0.717) is 29.5 Å². The van der Waals surface area contributed by atoms with Crippen LogP contribution in [0.15, 0.2) is 53.3 Å². The molecule has 0 amide bonds. The number of para-hydroxylation sites is 2. The molecule has 0 aliphatic carbocycles. The smallest absolute Gasteiger partial charge is 0.253 e. The largest absolute Gasteiger partial charge is 0.497 e. The van der Waals surface area contributed by atoms with Crippen LogP contribution in [0.3, 0.4) is 0 Å². The summed E-state index contributed by atoms with van der Waals surface area (Å²) in [5.74, 6) is 1.43. The first-order chi connectivity index (χ1) is 15.6. The number of nitrogens with one attached hydrogen (secondary N) is 2. The van der Waals surface area contributed by atoms with Gasteiger partial charge in [0.1, 0.15) is 11.5 Å². The molecule has 8 heteroatoms. The number of benzene rings is 2. The van der Waals surface area contributed by atoms with Crippen molar-refractivity contribution in [3.8, 4) is 11.5 Å². The molecule has 0 spiro atoms. The minimum atomic E-state index is -0.139. The maximum Gasteiger partial charge on any atom is 0.253 e. The summed E-state index contributed by atoms with van der Waals surface area (Å²) in [6.07, 6.45) is 2.08. The van der Waals surface area contributed by atoms with E-state index >= 15 is 0 Å². The molecule has 1 aromatic heterocycles. The fraction of sp³-hybridized carbons (Fsp3) is 0.333. The zero-order valence-electron chi connectivity index (χ0n) is 18.2. The normalized spacial score (nSPS) is 15.5. The number of aromatic nitrogens is 1. The Kier molecular flexibility index (Phi) is 6.92. The van der Waals surface area contributed by atoms with Gasteiger partial charge in [-0.1, -0.05) is 12.1 Å². The van der Waals surface area contributed by atoms with Gasteiger partial charge in [0.2, 0.25) is 0 Å². The predicted molar refractivity (Wildman–Crippen MR) is 130 cm³/mol. The first kappa shape index (κ1) is 22.1. The summed E-state index contributed by atoms with van der Waals surface area (Å²) in [7, 11) is 3.25. The van der Waals surface area contributed by atoms with Crippen LogP contribution in [0.25, 0.3) is 10.9 Å². The van der Waals surface area contributed by atoms with Gasteiger partial charge in [0.25, 0.3) is 5.56 Å². The third kappa shape index (κ3) is 5.03. The molecule has 1 aliphatic heterocycles. The number of methoxy groups -OCH3 is 2. The van der Waals surface area contributed by atoms with Crippen molar-refractivity contribution in [1.82, 2.24) is 9.88 Å². The molecule has 168 valence electrons. The van der Waals surface area contributed by atoms with Crippen LogP contribution in [0.2, 0.25) is 0 Å². The highest BCUT2D eigenvalue weighted by molar-refractivity contribution is 7.80. The average molecular weight is 454 g/mol. The van der Waals surface area contributed by atoms with Crippen LogP contribution in [0, 0.1) is 0 Å². The average Bonchev–Trinajstić information content (AvgIpc) is 3.32. The van der Waals surface area contributed by atoms with Gasteiger partial charge in [-0.3, -0.25) is 4.79 Å². The summed E-state index contributed by atoms with van der Waals surface area (Å²) in [4.78, 5) is 17.8. The van der Waals surface area contributed by atoms with E-state index in [2.05, 4.69) is 10.3 Å². The Balaban J connectivity index is 1.62. The first-order valence-electron chi connectivity index (χ1n) is 10.6. The van der Waals surface area contributed by atoms with Crippen molar-refractivity contribution in [2.24, 2.45) is 0 Å². The topological polar surface area (TPSA) is 75.8 Å². The van der Waals surface area contributed by atoms with Gasteiger partial charge in [-0.05, 0) is 61.5 Å². The summed E-state index contributed by atoms with van der Waals surface area (Å²) >= 11 is 5.75. The lowest BCUT2D eigenvalue weighted by Crippen LogP contribution is -2.40. The number of pyridine rings is 1. The second kappa shape index (κ2) is 10.0. The van der Waals surface area contributed by atoms with Gasteiger partial charge in [-0.2, -0.15) is 0 Å². The van der Waals surface area contributed by atoms with Gasteiger partial charge in [-0.25, -0.2) is 0 Å². The number of H-pyrrole nitrogens is 1. The van der Waals surface area contributed by atoms with E-state index in [-0.39, 0.29) is 11.7 Å². The Morgan fingerprint density at radius 1 is 1.22 bits per heavy atom. The number of rotatable bonds is 7. The highest BCUT2D eigenvalue weighted by Crippen LogP contribution is 2.25. The van der Waals surface area contributed by atoms with Crippen LogP contribution in [-0.2, 0) is 11.3 Å². The zero-order valence-corrected chi connectivity index (χ0v) is 19.0. The van der Waals surface area contributed by atoms with E-state index in [1.165, 1.54) is 0 Å². The molecular formula is C24H27N3O4S. The minimum absolute atomic E-state index is 0.0760. The lowest BCUT2D eigenvalue weighted by molar-refractivity contribution is 0.0904. The maximum absolute atomic E-state index is 12.8. The van der Waals surface area contributed by atoms with Crippen molar-refractivity contribution < 1.29 is 14.2 Å². The maximum atomic E-state index is 12.8. The number of hydrogen-bond donors (Lipinski definition) is 2. The van der Waals surface area contributed by atoms with Crippen LogP contribution < -0.4 is 20.3 Å². The number of hydrogen-bond acceptors (Lipinski definition) is 5. The molecular weight excluding hydrogens is 426 g/mol. The Bertz CT molecular complexity index is 1160. The van der Waals surface area contributed by atoms with Gasteiger partial charge >= 0.3 is 0 Å². The molecule has 7 nitrogen and oxygen atoms in total. The van der Waals surface area contributed by atoms with Gasteiger partial charge in [0.15, 0.2) is 5.11 Å². The van der Waals surface area contributed by atoms with Crippen LogP contribution in [0.5, 0.6) is 11.5 Å². The van der Waals surface area contributed by atoms with E-state index in [9.17, 15) is 4.79 Å². The van der Waals surface area contributed by atoms with Gasteiger partial charge in [0.05, 0.1) is 32.6 Å². The van der Waals surface area contributed by atoms with Crippen molar-refractivity contribution in [1.29, 1.82) is 0 Å². The minimum Gasteiger partial charge on any atom is -0.497 e. The van der Waals surface area contributed by atoms with Crippen LogP contribution in [-0.4, -0.2) is 48.5 Å². The standard InChI is InChI=1S/C24H27N3O4S/c1-29-18-9-10-20-16(13-18)12-17(23(28)25-20)14-27(15-19-6-5-11-31-19)24(32)26-21-7-3-4-8-22(21)30-2/h3-4,7-10,12-13,19H,5-6,11,14-15H2,1-2H3,(H,25,28)(H,26,32)/t19-/m1/s1. The van der Waals surface area contributed by atoms with Crippen molar-refractivity contribution in [2.45, 2.75) is 25.5 Å². The fourth-order valence-electron chi connectivity index (χ4n) is 3.88. The molecule has 1 aliphatic rings. The molecule has 0 bridgehead atoms. The fourth-order valence-corrected chi connectivity index (χ4v) is 4.12. The molecule has 4 rings (SSSR count). The second-order valence-electron chi connectivity index (χ2n) is 7.72. The molecule has 3 aromatic rings. The lowest BCUT2D eigenvalue weighted by atomic mass is 10.1. The molecule has 2 heterocycles.